The SMILES string of the molecule is [2H]c1c([2H])c([2H])c(-c2c([2H])c([2H])c(N(c3c([2H])c([2H])c(-c4c([2H])c([2H])c([2H])c(-c5c([2H])c([2H])c([2H])c([2H])c5[2H])c4[2H])c([2H])c3[2H])c3c([2H])c([2H])c(-c4c([2H])c([2H])c5c(c4[2H])c4c([2H])c([2H])c([2H])c([2H])c4n5-c4c([2H])c([2H])c5c([2H])c([2H])c([2H])c([2H])c5c4[2H])c([2H])c3[2H])c([2H])c2[2H])c([2H])c1[2H]. The van der Waals surface area contributed by atoms with Crippen LogP contribution in [0, 0.1) is 0 Å². The number of anilines is 3. The number of rotatable bonds is 8. The molecule has 0 fully saturated rings. The number of hydrogen-bond acceptors (Lipinski definition) is 1. The molecule has 1 aromatic heterocycles. The Balaban J connectivity index is 1.27. The van der Waals surface area contributed by atoms with E-state index in [1.807, 2.05) is 0 Å². The predicted molar refractivity (Wildman–Crippen MR) is 255 cm³/mol. The molecule has 0 aliphatic carbocycles. The van der Waals surface area contributed by atoms with E-state index in [1.54, 1.807) is 0 Å². The summed E-state index contributed by atoms with van der Waals surface area (Å²) in [6, 6.07) is -45.0. The molecule has 1 heterocycles. The lowest BCUT2D eigenvalue weighted by Gasteiger charge is -2.26. The third-order valence-corrected chi connectivity index (χ3v) is 8.75. The Morgan fingerprint density at radius 3 is 1.33 bits per heavy atom. The van der Waals surface area contributed by atoms with E-state index in [-0.39, 0.29) is 4.90 Å². The molecule has 0 aliphatic rings. The van der Waals surface area contributed by atoms with E-state index in [9.17, 15) is 27.4 Å². The maximum absolute atomic E-state index is 9.89. The van der Waals surface area contributed by atoms with E-state index < -0.39 is 342 Å². The maximum Gasteiger partial charge on any atom is 0.0651 e. The second kappa shape index (κ2) is 15.1. The zero-order valence-corrected chi connectivity index (χ0v) is 29.9. The minimum Gasteiger partial charge on any atom is -0.311 e. The monoisotopic (exact) mass is 805 g/mol. The molecule has 2 nitrogen and oxygen atoms in total. The fraction of sp³-hybridized carbons (Fsp3) is 0. The highest BCUT2D eigenvalue weighted by Gasteiger charge is 2.16. The number of benzene rings is 10. The molecule has 0 unspecified atom stereocenters. The Morgan fingerprint density at radius 1 is 0.283 bits per heavy atom. The molecule has 11 aromatic rings. The number of para-hydroxylation sites is 1. The molecule has 0 saturated carbocycles. The highest BCUT2D eigenvalue weighted by atomic mass is 15.1. The molecule has 11 rings (SSSR count). The fourth-order valence-corrected chi connectivity index (χ4v) is 6.05. The van der Waals surface area contributed by atoms with Crippen LogP contribution in [0.5, 0.6) is 0 Å². The molecule has 0 spiro atoms. The van der Waals surface area contributed by atoms with Gasteiger partial charge in [-0.2, -0.15) is 0 Å². The lowest BCUT2D eigenvalue weighted by atomic mass is 9.98. The molecular formula is C58H40N2. The Hall–Kier alpha value is -7.94. The zero-order valence-electron chi connectivity index (χ0n) is 69.9. The van der Waals surface area contributed by atoms with Crippen LogP contribution in [0.2, 0.25) is 0 Å². The minimum absolute atomic E-state index is 0.180. The third kappa shape index (κ3) is 6.51. The molecule has 0 N–H and O–H groups in total. The van der Waals surface area contributed by atoms with Crippen molar-refractivity contribution in [1.82, 2.24) is 4.57 Å². The molecule has 0 saturated heterocycles. The van der Waals surface area contributed by atoms with Gasteiger partial charge in [0, 0.05) is 33.5 Å². The molecule has 0 atom stereocenters. The summed E-state index contributed by atoms with van der Waals surface area (Å²) in [6.07, 6.45) is 0. The van der Waals surface area contributed by atoms with Crippen molar-refractivity contribution in [1.29, 1.82) is 0 Å². The van der Waals surface area contributed by atoms with Gasteiger partial charge in [0.2, 0.25) is 0 Å². The van der Waals surface area contributed by atoms with Gasteiger partial charge in [0.25, 0.3) is 0 Å². The lowest BCUT2D eigenvalue weighted by molar-refractivity contribution is 1.19. The number of aromatic nitrogens is 1. The highest BCUT2D eigenvalue weighted by molar-refractivity contribution is 6.10. The Bertz CT molecular complexity index is 5530. The van der Waals surface area contributed by atoms with Gasteiger partial charge < -0.3 is 9.47 Å². The standard InChI is InChI=1S/C58H40N2/c1-3-12-41(13-4-1)44-22-30-51(31-23-44)59(52-32-24-45(25-33-52)48-19-11-18-47(38-48)42-14-5-2-6-15-42)53-34-26-46(27-35-53)50-29-37-58-56(40-50)55-20-9-10-21-57(55)60(58)54-36-28-43-16-7-8-17-49(43)39-54/h1-40H/i1D,2D,3D,4D,5D,6D,7D,8D,9D,10D,11D,12D,13D,14D,15D,16D,17D,18D,19D,20D,21D,22D,23D,24D,25D,26D,27D,28D,29D,30D,31D,32D,33D,34D,35D,36D,37D,38D,39D,40D. The van der Waals surface area contributed by atoms with Crippen LogP contribution in [0.4, 0.5) is 17.1 Å². The topological polar surface area (TPSA) is 8.17 Å². The van der Waals surface area contributed by atoms with Gasteiger partial charge in [0.15, 0.2) is 0 Å². The predicted octanol–water partition coefficient (Wildman–Crippen LogP) is 16.1. The Labute approximate surface area is 406 Å². The van der Waals surface area contributed by atoms with Crippen molar-refractivity contribution in [2.75, 3.05) is 4.90 Å². The van der Waals surface area contributed by atoms with Crippen molar-refractivity contribution in [2.24, 2.45) is 0 Å². The van der Waals surface area contributed by atoms with E-state index in [1.165, 1.54) is 0 Å². The van der Waals surface area contributed by atoms with Gasteiger partial charge >= 0.3 is 0 Å². The Kier molecular flexibility index (Phi) is 3.28. The van der Waals surface area contributed by atoms with Crippen molar-refractivity contribution in [3.63, 3.8) is 0 Å². The third-order valence-electron chi connectivity index (χ3n) is 8.75. The van der Waals surface area contributed by atoms with Gasteiger partial charge in [0.05, 0.1) is 65.9 Å². The van der Waals surface area contributed by atoms with Crippen LogP contribution in [-0.2, 0) is 0 Å². The van der Waals surface area contributed by atoms with E-state index >= 15 is 0 Å². The van der Waals surface area contributed by atoms with Gasteiger partial charge in [-0.25, -0.2) is 0 Å². The summed E-state index contributed by atoms with van der Waals surface area (Å²) in [7, 11) is 0. The first-order chi connectivity index (χ1) is 46.4. The molecule has 0 radical (unpaired) electrons. The van der Waals surface area contributed by atoms with Crippen LogP contribution in [0.25, 0.3) is 82.8 Å². The van der Waals surface area contributed by atoms with E-state index in [4.69, 9.17) is 27.4 Å². The van der Waals surface area contributed by atoms with Gasteiger partial charge in [-0.15, -0.1) is 0 Å². The quantitative estimate of drug-likeness (QED) is 0.149. The van der Waals surface area contributed by atoms with Crippen LogP contribution in [0.1, 0.15) is 54.8 Å². The van der Waals surface area contributed by atoms with Crippen LogP contribution >= 0.6 is 0 Å². The van der Waals surface area contributed by atoms with Crippen LogP contribution < -0.4 is 4.90 Å². The molecule has 2 heteroatoms. The lowest BCUT2D eigenvalue weighted by Crippen LogP contribution is -2.09. The molecule has 10 aromatic carbocycles. The summed E-state index contributed by atoms with van der Waals surface area (Å²) in [5.41, 5.74) is -14.3. The van der Waals surface area contributed by atoms with Gasteiger partial charge in [-0.3, -0.25) is 0 Å². The van der Waals surface area contributed by atoms with Crippen molar-refractivity contribution in [2.45, 2.75) is 0 Å². The smallest absolute Gasteiger partial charge is 0.0651 e. The first-order valence-corrected chi connectivity index (χ1v) is 17.3. The molecule has 282 valence electrons. The van der Waals surface area contributed by atoms with Crippen molar-refractivity contribution in [3.8, 4) is 50.2 Å². The second-order valence-corrected chi connectivity index (χ2v) is 12.3. The summed E-state index contributed by atoms with van der Waals surface area (Å²) in [4.78, 5) is 0.180. The van der Waals surface area contributed by atoms with Crippen LogP contribution in [0.3, 0.4) is 0 Å². The maximum atomic E-state index is 9.89. The summed E-state index contributed by atoms with van der Waals surface area (Å²) in [5.74, 6) is 0. The fourth-order valence-electron chi connectivity index (χ4n) is 6.05. The summed E-state index contributed by atoms with van der Waals surface area (Å²) < 4.78 is 363. The molecule has 0 amide bonds. The van der Waals surface area contributed by atoms with E-state index in [0.717, 1.165) is 0 Å². The van der Waals surface area contributed by atoms with Crippen LogP contribution in [-0.4, -0.2) is 4.57 Å². The number of nitrogens with zero attached hydrogens (tertiary/aromatic N) is 2. The largest absolute Gasteiger partial charge is 0.311 e. The van der Waals surface area contributed by atoms with E-state index in [2.05, 4.69) is 0 Å². The second-order valence-electron chi connectivity index (χ2n) is 12.3. The summed E-state index contributed by atoms with van der Waals surface area (Å²) >= 11 is 0. The van der Waals surface area contributed by atoms with Crippen molar-refractivity contribution in [3.05, 3.63) is 242 Å². The molecular weight excluding hydrogens is 725 g/mol. The number of hydrogen-bond donors (Lipinski definition) is 0. The van der Waals surface area contributed by atoms with E-state index in [0.29, 0.717) is 4.57 Å². The molecule has 0 bridgehead atoms. The average Bonchev–Trinajstić information content (AvgIpc) is 1.46. The Morgan fingerprint density at radius 2 is 0.717 bits per heavy atom. The minimum atomic E-state index is -1.45. The van der Waals surface area contributed by atoms with Gasteiger partial charge in [-0.1, -0.05) is 169 Å². The summed E-state index contributed by atoms with van der Waals surface area (Å²) in [6.45, 7) is 0. The number of fused-ring (bicyclic) bond motifs is 4. The first-order valence-electron chi connectivity index (χ1n) is 37.3. The normalized spacial score (nSPS) is 20.7. The molecule has 0 aliphatic heterocycles. The van der Waals surface area contributed by atoms with Crippen molar-refractivity contribution < 1.29 is 54.8 Å². The molecule has 60 heavy (non-hydrogen) atoms. The first kappa shape index (κ1) is 13.0. The van der Waals surface area contributed by atoms with Crippen molar-refractivity contribution >= 4 is 49.6 Å². The zero-order chi connectivity index (χ0) is 74.6. The highest BCUT2D eigenvalue weighted by Crippen LogP contribution is 2.40. The van der Waals surface area contributed by atoms with Gasteiger partial charge in [-0.05, 0) is 128 Å². The summed E-state index contributed by atoms with van der Waals surface area (Å²) in [5, 5.41) is -2.78. The average molecular weight is 805 g/mol. The van der Waals surface area contributed by atoms with Crippen LogP contribution in [0.15, 0.2) is 242 Å². The van der Waals surface area contributed by atoms with Gasteiger partial charge in [0.1, 0.15) is 0 Å².